The minimum absolute atomic E-state index is 0.254. The van der Waals surface area contributed by atoms with E-state index in [4.69, 9.17) is 9.84 Å². The maximum Gasteiger partial charge on any atom is 0.416 e. The Morgan fingerprint density at radius 3 is 2.00 bits per heavy atom. The molecule has 6 nitrogen and oxygen atoms in total. The zero-order chi connectivity index (χ0) is 28.7. The number of alkyl halides is 3. The quantitative estimate of drug-likeness (QED) is 0.261. The lowest BCUT2D eigenvalue weighted by Crippen LogP contribution is -2.36. The Morgan fingerprint density at radius 1 is 0.875 bits per heavy atom. The molecule has 0 spiro atoms. The van der Waals surface area contributed by atoms with E-state index in [1.54, 1.807) is 24.3 Å². The highest BCUT2D eigenvalue weighted by Crippen LogP contribution is 2.36. The molecule has 1 aliphatic rings. The molecule has 0 heterocycles. The van der Waals surface area contributed by atoms with E-state index in [0.717, 1.165) is 42.5 Å². The third-order valence-electron chi connectivity index (χ3n) is 7.24. The van der Waals surface area contributed by atoms with Crippen LogP contribution >= 0.6 is 0 Å². The summed E-state index contributed by atoms with van der Waals surface area (Å²) in [6, 6.07) is 19.2. The number of amides is 1. The molecule has 2 atom stereocenters. The number of halogens is 3. The van der Waals surface area contributed by atoms with E-state index in [9.17, 15) is 27.9 Å². The molecule has 1 fully saturated rings. The molecule has 1 aliphatic carbocycles. The number of hydrogen-bond acceptors (Lipinski definition) is 4. The summed E-state index contributed by atoms with van der Waals surface area (Å²) in [5, 5.41) is 20.5. The molecule has 0 aliphatic heterocycles. The van der Waals surface area contributed by atoms with Crippen molar-refractivity contribution in [1.82, 2.24) is 5.32 Å². The summed E-state index contributed by atoms with van der Waals surface area (Å²) >= 11 is 0. The molecule has 212 valence electrons. The van der Waals surface area contributed by atoms with E-state index in [-0.39, 0.29) is 6.10 Å². The summed E-state index contributed by atoms with van der Waals surface area (Å²) in [5.41, 5.74) is 2.06. The minimum atomic E-state index is -4.38. The maximum absolute atomic E-state index is 12.9. The maximum atomic E-state index is 12.9. The number of carbonyl (C=O) groups is 2. The second kappa shape index (κ2) is 13.0. The Morgan fingerprint density at radius 2 is 1.45 bits per heavy atom. The van der Waals surface area contributed by atoms with Gasteiger partial charge in [0.25, 0.3) is 5.91 Å². The van der Waals surface area contributed by atoms with E-state index >= 15 is 0 Å². The Labute approximate surface area is 230 Å². The predicted octanol–water partition coefficient (Wildman–Crippen LogP) is 6.64. The van der Waals surface area contributed by atoms with Crippen LogP contribution in [0.4, 0.5) is 13.2 Å². The number of nitrogens with one attached hydrogen (secondary N) is 1. The highest BCUT2D eigenvalue weighted by molar-refractivity contribution is 5.94. The summed E-state index contributed by atoms with van der Waals surface area (Å²) in [6.45, 7) is -0.404. The lowest BCUT2D eigenvalue weighted by Gasteiger charge is -2.27. The molecule has 3 aromatic carbocycles. The van der Waals surface area contributed by atoms with Gasteiger partial charge in [-0.3, -0.25) is 4.79 Å². The molecule has 3 N–H and O–H groups in total. The van der Waals surface area contributed by atoms with Crippen LogP contribution in [0.25, 0.3) is 11.1 Å². The number of rotatable bonds is 10. The van der Waals surface area contributed by atoms with Crippen LogP contribution < -0.4 is 10.1 Å². The van der Waals surface area contributed by atoms with Gasteiger partial charge >= 0.3 is 12.1 Å². The molecular formula is C31H32F3NO5. The molecule has 1 unspecified atom stereocenters. The molecule has 1 saturated carbocycles. The van der Waals surface area contributed by atoms with Crippen LogP contribution in [0.1, 0.15) is 66.1 Å². The lowest BCUT2D eigenvalue weighted by molar-refractivity contribution is -0.146. The van der Waals surface area contributed by atoms with Crippen LogP contribution in [0.5, 0.6) is 5.75 Å². The first-order chi connectivity index (χ1) is 19.1. The van der Waals surface area contributed by atoms with Gasteiger partial charge < -0.3 is 20.3 Å². The fourth-order valence-electron chi connectivity index (χ4n) is 4.95. The molecule has 1 amide bonds. The largest absolute Gasteiger partial charge is 0.486 e. The second-order valence-electron chi connectivity index (χ2n) is 10.1. The number of benzene rings is 3. The van der Waals surface area contributed by atoms with Crippen molar-refractivity contribution in [2.75, 3.05) is 6.54 Å². The van der Waals surface area contributed by atoms with E-state index in [0.29, 0.717) is 22.8 Å². The standard InChI is InChI=1S/C31H32F3NO5/c32-31(33,34)25-14-10-22(11-15-25)21-6-8-23(9-7-21)28(18-20-4-2-1-3-5-20)40-26-16-12-24(13-17-26)29(37)35-19-27(36)30(38)39/h6-17,20,27-28,36H,1-5,18-19H2,(H,35,37)(H,38,39)/t27-,28?/m0/s1. The van der Waals surface area contributed by atoms with Gasteiger partial charge in [0.1, 0.15) is 11.9 Å². The molecule has 3 aromatic rings. The van der Waals surface area contributed by atoms with Crippen LogP contribution in [-0.2, 0) is 11.0 Å². The summed E-state index contributed by atoms with van der Waals surface area (Å²) < 4.78 is 45.2. The average molecular weight is 556 g/mol. The molecular weight excluding hydrogens is 523 g/mol. The highest BCUT2D eigenvalue weighted by Gasteiger charge is 2.30. The smallest absolute Gasteiger partial charge is 0.416 e. The molecule has 0 aromatic heterocycles. The van der Waals surface area contributed by atoms with E-state index in [1.165, 1.54) is 31.4 Å². The highest BCUT2D eigenvalue weighted by atomic mass is 19.4. The third-order valence-corrected chi connectivity index (χ3v) is 7.24. The van der Waals surface area contributed by atoms with Gasteiger partial charge in [-0.05, 0) is 65.4 Å². The van der Waals surface area contributed by atoms with Gasteiger partial charge in [0.2, 0.25) is 0 Å². The SMILES string of the molecule is O=C(NC[C@H](O)C(=O)O)c1ccc(OC(CC2CCCCC2)c2ccc(-c3ccc(C(F)(F)F)cc3)cc2)cc1. The number of carbonyl (C=O) groups excluding carboxylic acids is 1. The van der Waals surface area contributed by atoms with Gasteiger partial charge in [0.05, 0.1) is 12.1 Å². The fraction of sp³-hybridized carbons (Fsp3) is 0.355. The van der Waals surface area contributed by atoms with Crippen molar-refractivity contribution < 1.29 is 37.7 Å². The normalized spacial score (nSPS) is 15.7. The zero-order valence-electron chi connectivity index (χ0n) is 21.9. The van der Waals surface area contributed by atoms with Crippen molar-refractivity contribution in [1.29, 1.82) is 0 Å². The first-order valence-electron chi connectivity index (χ1n) is 13.3. The van der Waals surface area contributed by atoms with Gasteiger partial charge in [0.15, 0.2) is 6.10 Å². The number of aliphatic hydroxyl groups excluding tert-OH is 1. The van der Waals surface area contributed by atoms with Gasteiger partial charge in [-0.25, -0.2) is 4.79 Å². The molecule has 4 rings (SSSR count). The molecule has 0 radical (unpaired) electrons. The first kappa shape index (κ1) is 29.1. The monoisotopic (exact) mass is 555 g/mol. The molecule has 40 heavy (non-hydrogen) atoms. The Kier molecular flexibility index (Phi) is 9.47. The average Bonchev–Trinajstić information content (AvgIpc) is 2.96. The number of carboxylic acids is 1. The summed E-state index contributed by atoms with van der Waals surface area (Å²) in [6.07, 6.45) is 0.362. The first-order valence-corrected chi connectivity index (χ1v) is 13.3. The molecule has 9 heteroatoms. The van der Waals surface area contributed by atoms with Crippen LogP contribution in [-0.4, -0.2) is 34.7 Å². The van der Waals surface area contributed by atoms with Crippen molar-refractivity contribution in [2.45, 2.75) is 56.9 Å². The fourth-order valence-corrected chi connectivity index (χ4v) is 4.95. The third kappa shape index (κ3) is 7.85. The van der Waals surface area contributed by atoms with Gasteiger partial charge in [-0.15, -0.1) is 0 Å². The molecule has 0 bridgehead atoms. The number of ether oxygens (including phenoxy) is 1. The number of aliphatic carboxylic acids is 1. The number of hydrogen-bond donors (Lipinski definition) is 3. The van der Waals surface area contributed by atoms with Gasteiger partial charge in [-0.2, -0.15) is 13.2 Å². The number of carboxylic acid groups (broad SMARTS) is 1. The van der Waals surface area contributed by atoms with E-state index in [1.807, 2.05) is 24.3 Å². The summed E-state index contributed by atoms with van der Waals surface area (Å²) in [5.74, 6) is -0.848. The van der Waals surface area contributed by atoms with Crippen molar-refractivity contribution in [2.24, 2.45) is 5.92 Å². The Balaban J connectivity index is 1.48. The summed E-state index contributed by atoms with van der Waals surface area (Å²) in [7, 11) is 0. The van der Waals surface area contributed by atoms with Crippen molar-refractivity contribution in [3.63, 3.8) is 0 Å². The van der Waals surface area contributed by atoms with Crippen LogP contribution in [0.2, 0.25) is 0 Å². The Hall–Kier alpha value is -3.85. The predicted molar refractivity (Wildman–Crippen MR) is 144 cm³/mol. The van der Waals surface area contributed by atoms with E-state index in [2.05, 4.69) is 5.32 Å². The van der Waals surface area contributed by atoms with Gasteiger partial charge in [-0.1, -0.05) is 68.5 Å². The topological polar surface area (TPSA) is 95.9 Å². The van der Waals surface area contributed by atoms with Crippen molar-refractivity contribution in [3.8, 4) is 16.9 Å². The Bertz CT molecular complexity index is 1270. The molecule has 0 saturated heterocycles. The van der Waals surface area contributed by atoms with E-state index < -0.39 is 36.3 Å². The summed E-state index contributed by atoms with van der Waals surface area (Å²) in [4.78, 5) is 23.0. The van der Waals surface area contributed by atoms with Crippen molar-refractivity contribution >= 4 is 11.9 Å². The van der Waals surface area contributed by atoms with Gasteiger partial charge in [0, 0.05) is 5.56 Å². The number of aliphatic hydroxyl groups is 1. The van der Waals surface area contributed by atoms with Crippen molar-refractivity contribution in [3.05, 3.63) is 89.5 Å². The second-order valence-corrected chi connectivity index (χ2v) is 10.1. The zero-order valence-corrected chi connectivity index (χ0v) is 21.9. The van der Waals surface area contributed by atoms with Crippen LogP contribution in [0, 0.1) is 5.92 Å². The van der Waals surface area contributed by atoms with Crippen LogP contribution in [0.3, 0.4) is 0 Å². The lowest BCUT2D eigenvalue weighted by atomic mass is 9.84. The van der Waals surface area contributed by atoms with Crippen LogP contribution in [0.15, 0.2) is 72.8 Å². The minimum Gasteiger partial charge on any atom is -0.486 e.